The van der Waals surface area contributed by atoms with Gasteiger partial charge in [0.25, 0.3) is 0 Å². The Morgan fingerprint density at radius 3 is 2.74 bits per heavy atom. The number of carbonyl (C=O) groups is 1. The Kier molecular flexibility index (Phi) is 5.24. The molecule has 0 aliphatic heterocycles. The van der Waals surface area contributed by atoms with Crippen LogP contribution in [0.1, 0.15) is 24.1 Å². The third kappa shape index (κ3) is 4.23. The van der Waals surface area contributed by atoms with Crippen molar-refractivity contribution in [3.63, 3.8) is 0 Å². The molecule has 1 atom stereocenters. The monoisotopic (exact) mass is 380 g/mol. The molecule has 5 nitrogen and oxygen atoms in total. The number of anilines is 1. The predicted molar refractivity (Wildman–Crippen MR) is 83.6 cm³/mol. The Balaban J connectivity index is 2.04. The first-order valence-corrected chi connectivity index (χ1v) is 7.28. The highest BCUT2D eigenvalue weighted by Gasteiger charge is 2.13. The highest BCUT2D eigenvalue weighted by molar-refractivity contribution is 9.10. The number of pyridine rings is 1. The molecule has 23 heavy (non-hydrogen) atoms. The van der Waals surface area contributed by atoms with Crippen LogP contribution in [0.2, 0.25) is 0 Å². The van der Waals surface area contributed by atoms with Crippen molar-refractivity contribution in [2.24, 2.45) is 0 Å². The van der Waals surface area contributed by atoms with E-state index < -0.39 is 23.7 Å². The molecule has 0 bridgehead atoms. The lowest BCUT2D eigenvalue weighted by molar-refractivity contribution is 0.249. The number of benzene rings is 1. The van der Waals surface area contributed by atoms with E-state index >= 15 is 0 Å². The minimum Gasteiger partial charge on any atom is -0.331 e. The number of amides is 2. The molecule has 0 aliphatic rings. The van der Waals surface area contributed by atoms with E-state index in [9.17, 15) is 13.6 Å². The number of nitriles is 1. The fraction of sp³-hybridized carbons (Fsp3) is 0.133. The Labute approximate surface area is 139 Å². The van der Waals surface area contributed by atoms with Crippen molar-refractivity contribution in [1.29, 1.82) is 5.26 Å². The second-order valence-electron chi connectivity index (χ2n) is 4.65. The van der Waals surface area contributed by atoms with Crippen molar-refractivity contribution in [3.8, 4) is 6.07 Å². The lowest BCUT2D eigenvalue weighted by Gasteiger charge is -2.15. The van der Waals surface area contributed by atoms with Crippen molar-refractivity contribution < 1.29 is 13.6 Å². The normalized spacial score (nSPS) is 11.4. The number of hydrogen-bond donors (Lipinski definition) is 2. The molecule has 0 spiro atoms. The van der Waals surface area contributed by atoms with Gasteiger partial charge in [-0.05, 0) is 46.6 Å². The minimum atomic E-state index is -0.982. The van der Waals surface area contributed by atoms with Crippen LogP contribution in [-0.4, -0.2) is 11.0 Å². The van der Waals surface area contributed by atoms with Gasteiger partial charge in [-0.25, -0.2) is 18.6 Å². The third-order valence-corrected chi connectivity index (χ3v) is 3.64. The molecule has 0 fully saturated rings. The molecule has 1 aromatic carbocycles. The van der Waals surface area contributed by atoms with Crippen LogP contribution in [0.15, 0.2) is 34.9 Å². The summed E-state index contributed by atoms with van der Waals surface area (Å²) in [7, 11) is 0. The zero-order valence-corrected chi connectivity index (χ0v) is 13.5. The molecule has 2 amide bonds. The highest BCUT2D eigenvalue weighted by atomic mass is 79.9. The smallest absolute Gasteiger partial charge is 0.320 e. The SMILES string of the molecule is CC(NC(=O)Nc1cc(C#N)c(Br)cn1)c1ccc(F)c(F)c1. The second kappa shape index (κ2) is 7.15. The molecule has 0 saturated carbocycles. The second-order valence-corrected chi connectivity index (χ2v) is 5.51. The first-order chi connectivity index (χ1) is 10.9. The topological polar surface area (TPSA) is 77.8 Å². The zero-order valence-electron chi connectivity index (χ0n) is 11.9. The minimum absolute atomic E-state index is 0.194. The van der Waals surface area contributed by atoms with E-state index in [1.165, 1.54) is 18.3 Å². The molecule has 1 aromatic heterocycles. The Hall–Kier alpha value is -2.53. The molecular formula is C15H11BrF2N4O. The molecule has 0 saturated heterocycles. The van der Waals surface area contributed by atoms with Crippen LogP contribution >= 0.6 is 15.9 Å². The largest absolute Gasteiger partial charge is 0.331 e. The van der Waals surface area contributed by atoms with Crippen LogP contribution in [0.3, 0.4) is 0 Å². The highest BCUT2D eigenvalue weighted by Crippen LogP contribution is 2.18. The fourth-order valence-electron chi connectivity index (χ4n) is 1.81. The van der Waals surface area contributed by atoms with Crippen LogP contribution in [0, 0.1) is 23.0 Å². The first-order valence-electron chi connectivity index (χ1n) is 6.49. The van der Waals surface area contributed by atoms with Crippen molar-refractivity contribution in [3.05, 3.63) is 57.7 Å². The van der Waals surface area contributed by atoms with E-state index in [2.05, 4.69) is 31.5 Å². The standard InChI is InChI=1S/C15H11BrF2N4O/c1-8(9-2-3-12(17)13(18)4-9)21-15(23)22-14-5-10(6-19)11(16)7-20-14/h2-5,7-8H,1H3,(H2,20,21,22,23). The molecule has 1 heterocycles. The fourth-order valence-corrected chi connectivity index (χ4v) is 2.11. The number of hydrogen-bond acceptors (Lipinski definition) is 3. The van der Waals surface area contributed by atoms with E-state index in [1.807, 2.05) is 6.07 Å². The van der Waals surface area contributed by atoms with Crippen LogP contribution in [0.5, 0.6) is 0 Å². The first kappa shape index (κ1) is 16.8. The molecule has 0 radical (unpaired) electrons. The van der Waals surface area contributed by atoms with Gasteiger partial charge in [-0.15, -0.1) is 0 Å². The van der Waals surface area contributed by atoms with Gasteiger partial charge >= 0.3 is 6.03 Å². The summed E-state index contributed by atoms with van der Waals surface area (Å²) in [6.07, 6.45) is 1.40. The number of aromatic nitrogens is 1. The Morgan fingerprint density at radius 1 is 1.35 bits per heavy atom. The number of rotatable bonds is 3. The summed E-state index contributed by atoms with van der Waals surface area (Å²) in [5.74, 6) is -1.74. The van der Waals surface area contributed by atoms with Crippen molar-refractivity contribution in [2.75, 3.05) is 5.32 Å². The van der Waals surface area contributed by atoms with Gasteiger partial charge in [0, 0.05) is 6.20 Å². The summed E-state index contributed by atoms with van der Waals surface area (Å²) in [6, 6.07) is 5.63. The van der Waals surface area contributed by atoms with Gasteiger partial charge in [-0.2, -0.15) is 5.26 Å². The molecule has 2 aromatic rings. The molecule has 1 unspecified atom stereocenters. The van der Waals surface area contributed by atoms with Crippen LogP contribution in [0.4, 0.5) is 19.4 Å². The van der Waals surface area contributed by atoms with Crippen molar-refractivity contribution >= 4 is 27.8 Å². The van der Waals surface area contributed by atoms with Gasteiger partial charge in [-0.3, -0.25) is 5.32 Å². The maximum absolute atomic E-state index is 13.2. The lowest BCUT2D eigenvalue weighted by atomic mass is 10.1. The third-order valence-electron chi connectivity index (χ3n) is 3.01. The quantitative estimate of drug-likeness (QED) is 0.847. The summed E-state index contributed by atoms with van der Waals surface area (Å²) >= 11 is 3.16. The molecule has 8 heteroatoms. The van der Waals surface area contributed by atoms with Crippen molar-refractivity contribution in [2.45, 2.75) is 13.0 Å². The molecule has 0 aliphatic carbocycles. The van der Waals surface area contributed by atoms with Crippen LogP contribution in [-0.2, 0) is 0 Å². The van der Waals surface area contributed by atoms with Gasteiger partial charge in [-0.1, -0.05) is 6.07 Å². The maximum Gasteiger partial charge on any atom is 0.320 e. The summed E-state index contributed by atoms with van der Waals surface area (Å²) in [5.41, 5.74) is 0.740. The molecule has 118 valence electrons. The van der Waals surface area contributed by atoms with Gasteiger partial charge in [0.05, 0.1) is 16.1 Å². The number of carbonyl (C=O) groups excluding carboxylic acids is 1. The van der Waals surface area contributed by atoms with E-state index in [0.717, 1.165) is 12.1 Å². The lowest BCUT2D eigenvalue weighted by Crippen LogP contribution is -2.31. The van der Waals surface area contributed by atoms with Crippen LogP contribution in [0.25, 0.3) is 0 Å². The summed E-state index contributed by atoms with van der Waals surface area (Å²) in [4.78, 5) is 15.9. The maximum atomic E-state index is 13.2. The van der Waals surface area contributed by atoms with Gasteiger partial charge in [0.1, 0.15) is 11.9 Å². The van der Waals surface area contributed by atoms with E-state index in [4.69, 9.17) is 5.26 Å². The van der Waals surface area contributed by atoms with Crippen molar-refractivity contribution in [1.82, 2.24) is 10.3 Å². The van der Waals surface area contributed by atoms with E-state index in [0.29, 0.717) is 15.6 Å². The van der Waals surface area contributed by atoms with E-state index in [-0.39, 0.29) is 5.82 Å². The van der Waals surface area contributed by atoms with Gasteiger partial charge in [0.2, 0.25) is 0 Å². The molecule has 2 rings (SSSR count). The Bertz CT molecular complexity index is 792. The average molecular weight is 381 g/mol. The number of halogens is 3. The van der Waals surface area contributed by atoms with Gasteiger partial charge in [0.15, 0.2) is 11.6 Å². The zero-order chi connectivity index (χ0) is 17.0. The molecular weight excluding hydrogens is 370 g/mol. The summed E-state index contributed by atoms with van der Waals surface area (Å²) in [5, 5.41) is 14.0. The van der Waals surface area contributed by atoms with Crippen LogP contribution < -0.4 is 10.6 Å². The summed E-state index contributed by atoms with van der Waals surface area (Å²) < 4.78 is 26.6. The average Bonchev–Trinajstić information content (AvgIpc) is 2.51. The molecule has 2 N–H and O–H groups in total. The number of urea groups is 1. The predicted octanol–water partition coefficient (Wildman–Crippen LogP) is 3.88. The number of nitrogens with zero attached hydrogens (tertiary/aromatic N) is 2. The van der Waals surface area contributed by atoms with E-state index in [1.54, 1.807) is 6.92 Å². The Morgan fingerprint density at radius 2 is 2.09 bits per heavy atom. The summed E-state index contributed by atoms with van der Waals surface area (Å²) in [6.45, 7) is 1.63. The number of nitrogens with one attached hydrogen (secondary N) is 2. The van der Waals surface area contributed by atoms with Gasteiger partial charge < -0.3 is 5.32 Å².